The number of benzene rings is 1. The first-order chi connectivity index (χ1) is 10.1. The quantitative estimate of drug-likeness (QED) is 0.840. The van der Waals surface area contributed by atoms with Gasteiger partial charge in [-0.2, -0.15) is 0 Å². The molecule has 0 spiro atoms. The lowest BCUT2D eigenvalue weighted by Crippen LogP contribution is -2.27. The van der Waals surface area contributed by atoms with E-state index < -0.39 is 0 Å². The molecule has 0 radical (unpaired) electrons. The maximum Gasteiger partial charge on any atom is 0.414 e. The first-order valence-electron chi connectivity index (χ1n) is 7.20. The fourth-order valence-electron chi connectivity index (χ4n) is 2.30. The third-order valence-electron chi connectivity index (χ3n) is 3.31. The van der Waals surface area contributed by atoms with Crippen LogP contribution in [0.15, 0.2) is 24.3 Å². The van der Waals surface area contributed by atoms with Crippen LogP contribution < -0.4 is 16.0 Å². The molecule has 6 nitrogen and oxygen atoms in total. The summed E-state index contributed by atoms with van der Waals surface area (Å²) >= 11 is 0. The van der Waals surface area contributed by atoms with E-state index in [4.69, 9.17) is 10.5 Å². The summed E-state index contributed by atoms with van der Waals surface area (Å²) in [5.41, 5.74) is 7.23. The molecule has 1 aliphatic heterocycles. The monoisotopic (exact) mass is 291 g/mol. The SMILES string of the molecule is CCCC(N)CC(=O)Nc1cccc(N2CCOC2=O)c1. The predicted octanol–water partition coefficient (Wildman–Crippen LogP) is 2.10. The Kier molecular flexibility index (Phi) is 5.16. The Morgan fingerprint density at radius 2 is 2.33 bits per heavy atom. The molecular formula is C15H21N3O3. The Morgan fingerprint density at radius 3 is 3.00 bits per heavy atom. The van der Waals surface area contributed by atoms with Gasteiger partial charge in [-0.3, -0.25) is 9.69 Å². The number of carbonyl (C=O) groups is 2. The molecule has 1 heterocycles. The van der Waals surface area contributed by atoms with E-state index in [1.54, 1.807) is 23.1 Å². The molecule has 1 fully saturated rings. The Morgan fingerprint density at radius 1 is 1.52 bits per heavy atom. The van der Waals surface area contributed by atoms with Crippen molar-refractivity contribution in [3.05, 3.63) is 24.3 Å². The third-order valence-corrected chi connectivity index (χ3v) is 3.31. The zero-order valence-electron chi connectivity index (χ0n) is 12.2. The maximum absolute atomic E-state index is 11.9. The van der Waals surface area contributed by atoms with Crippen LogP contribution in [0, 0.1) is 0 Å². The van der Waals surface area contributed by atoms with E-state index in [2.05, 4.69) is 5.32 Å². The normalized spacial score (nSPS) is 15.7. The number of nitrogens with one attached hydrogen (secondary N) is 1. The molecule has 1 aromatic carbocycles. The van der Waals surface area contributed by atoms with Crippen LogP contribution in [0.2, 0.25) is 0 Å². The average molecular weight is 291 g/mol. The summed E-state index contributed by atoms with van der Waals surface area (Å²) < 4.78 is 4.90. The van der Waals surface area contributed by atoms with Gasteiger partial charge in [-0.15, -0.1) is 0 Å². The Labute approximate surface area is 124 Å². The molecule has 114 valence electrons. The van der Waals surface area contributed by atoms with Gasteiger partial charge in [-0.1, -0.05) is 19.4 Å². The van der Waals surface area contributed by atoms with Crippen molar-refractivity contribution in [3.63, 3.8) is 0 Å². The van der Waals surface area contributed by atoms with E-state index in [0.717, 1.165) is 12.8 Å². The number of rotatable bonds is 6. The second-order valence-electron chi connectivity index (χ2n) is 5.12. The highest BCUT2D eigenvalue weighted by atomic mass is 16.6. The van der Waals surface area contributed by atoms with Crippen molar-refractivity contribution >= 4 is 23.4 Å². The molecule has 2 rings (SSSR count). The molecule has 1 saturated heterocycles. The summed E-state index contributed by atoms with van der Waals surface area (Å²) in [5.74, 6) is -0.114. The van der Waals surface area contributed by atoms with Gasteiger partial charge in [0, 0.05) is 23.8 Å². The number of cyclic esters (lactones) is 1. The first kappa shape index (κ1) is 15.3. The molecule has 0 aromatic heterocycles. The zero-order valence-corrected chi connectivity index (χ0v) is 12.2. The van der Waals surface area contributed by atoms with Crippen LogP contribution in [0.4, 0.5) is 16.2 Å². The van der Waals surface area contributed by atoms with Crippen LogP contribution in [0.5, 0.6) is 0 Å². The van der Waals surface area contributed by atoms with Gasteiger partial charge in [-0.25, -0.2) is 4.79 Å². The topological polar surface area (TPSA) is 84.7 Å². The van der Waals surface area contributed by atoms with E-state index in [1.165, 1.54) is 0 Å². The van der Waals surface area contributed by atoms with Crippen LogP contribution in [-0.4, -0.2) is 31.2 Å². The molecule has 3 N–H and O–H groups in total. The van der Waals surface area contributed by atoms with Crippen molar-refractivity contribution in [2.75, 3.05) is 23.4 Å². The molecule has 6 heteroatoms. The first-order valence-corrected chi connectivity index (χ1v) is 7.20. The molecule has 1 atom stereocenters. The lowest BCUT2D eigenvalue weighted by atomic mass is 10.1. The highest BCUT2D eigenvalue weighted by Gasteiger charge is 2.23. The number of nitrogens with zero attached hydrogens (tertiary/aromatic N) is 1. The highest BCUT2D eigenvalue weighted by molar-refractivity contribution is 5.93. The number of hydrogen-bond acceptors (Lipinski definition) is 4. The van der Waals surface area contributed by atoms with Gasteiger partial charge in [0.15, 0.2) is 0 Å². The Hall–Kier alpha value is -2.08. The standard InChI is InChI=1S/C15H21N3O3/c1-2-4-11(16)9-14(19)17-12-5-3-6-13(10-12)18-7-8-21-15(18)20/h3,5-6,10-11H,2,4,7-9,16H2,1H3,(H,17,19). The molecule has 0 aliphatic carbocycles. The minimum atomic E-state index is -0.358. The summed E-state index contributed by atoms with van der Waals surface area (Å²) in [6.07, 6.45) is 1.72. The van der Waals surface area contributed by atoms with Gasteiger partial charge in [0.25, 0.3) is 0 Å². The molecule has 21 heavy (non-hydrogen) atoms. The van der Waals surface area contributed by atoms with E-state index >= 15 is 0 Å². The van der Waals surface area contributed by atoms with Crippen LogP contribution in [0.1, 0.15) is 26.2 Å². The van der Waals surface area contributed by atoms with Crippen molar-refractivity contribution in [3.8, 4) is 0 Å². The summed E-state index contributed by atoms with van der Waals surface area (Å²) in [7, 11) is 0. The molecule has 2 amide bonds. The molecule has 1 unspecified atom stereocenters. The van der Waals surface area contributed by atoms with Crippen molar-refractivity contribution in [1.29, 1.82) is 0 Å². The molecule has 0 saturated carbocycles. The number of hydrogen-bond donors (Lipinski definition) is 2. The number of amides is 2. The predicted molar refractivity (Wildman–Crippen MR) is 81.3 cm³/mol. The van der Waals surface area contributed by atoms with Gasteiger partial charge in [0.05, 0.1) is 6.54 Å². The van der Waals surface area contributed by atoms with Crippen LogP contribution in [0.3, 0.4) is 0 Å². The highest BCUT2D eigenvalue weighted by Crippen LogP contribution is 2.22. The summed E-state index contributed by atoms with van der Waals surface area (Å²) in [6.45, 7) is 2.95. The lowest BCUT2D eigenvalue weighted by molar-refractivity contribution is -0.116. The van der Waals surface area contributed by atoms with Crippen LogP contribution in [0.25, 0.3) is 0 Å². The van der Waals surface area contributed by atoms with Crippen LogP contribution in [-0.2, 0) is 9.53 Å². The summed E-state index contributed by atoms with van der Waals surface area (Å²) in [6, 6.07) is 7.03. The van der Waals surface area contributed by atoms with Crippen LogP contribution >= 0.6 is 0 Å². The molecule has 1 aromatic rings. The van der Waals surface area contributed by atoms with E-state index in [1.807, 2.05) is 13.0 Å². The largest absolute Gasteiger partial charge is 0.447 e. The third kappa shape index (κ3) is 4.19. The maximum atomic E-state index is 11.9. The second kappa shape index (κ2) is 7.08. The molecular weight excluding hydrogens is 270 g/mol. The van der Waals surface area contributed by atoms with Crippen molar-refractivity contribution in [2.45, 2.75) is 32.2 Å². The van der Waals surface area contributed by atoms with E-state index in [-0.39, 0.29) is 18.0 Å². The van der Waals surface area contributed by atoms with Gasteiger partial charge >= 0.3 is 6.09 Å². The van der Waals surface area contributed by atoms with Crippen molar-refractivity contribution < 1.29 is 14.3 Å². The van der Waals surface area contributed by atoms with Gasteiger partial charge in [0.1, 0.15) is 6.61 Å². The van der Waals surface area contributed by atoms with Gasteiger partial charge in [0.2, 0.25) is 5.91 Å². The Balaban J connectivity index is 1.97. The minimum Gasteiger partial charge on any atom is -0.447 e. The van der Waals surface area contributed by atoms with Crippen molar-refractivity contribution in [2.24, 2.45) is 5.73 Å². The van der Waals surface area contributed by atoms with E-state index in [9.17, 15) is 9.59 Å². The Bertz CT molecular complexity index is 519. The molecule has 1 aliphatic rings. The minimum absolute atomic E-state index is 0.114. The fraction of sp³-hybridized carbons (Fsp3) is 0.467. The average Bonchev–Trinajstić information content (AvgIpc) is 2.85. The smallest absolute Gasteiger partial charge is 0.414 e. The summed E-state index contributed by atoms with van der Waals surface area (Å²) in [5, 5.41) is 2.81. The van der Waals surface area contributed by atoms with Crippen molar-refractivity contribution in [1.82, 2.24) is 0 Å². The molecule has 0 bridgehead atoms. The second-order valence-corrected chi connectivity index (χ2v) is 5.12. The fourth-order valence-corrected chi connectivity index (χ4v) is 2.30. The zero-order chi connectivity index (χ0) is 15.2. The number of carbonyl (C=O) groups excluding carboxylic acids is 2. The summed E-state index contributed by atoms with van der Waals surface area (Å²) in [4.78, 5) is 25.0. The number of anilines is 2. The van der Waals surface area contributed by atoms with E-state index in [0.29, 0.717) is 30.9 Å². The number of nitrogens with two attached hydrogens (primary N) is 1. The lowest BCUT2D eigenvalue weighted by Gasteiger charge is -2.15. The van der Waals surface area contributed by atoms with Gasteiger partial charge in [-0.05, 0) is 24.6 Å². The number of ether oxygens (including phenoxy) is 1. The van der Waals surface area contributed by atoms with Gasteiger partial charge < -0.3 is 15.8 Å².